The lowest BCUT2D eigenvalue weighted by Crippen LogP contribution is -2.45. The number of aromatic amines is 1. The Hall–Kier alpha value is -2.28. The second-order valence-corrected chi connectivity index (χ2v) is 7.97. The van der Waals surface area contributed by atoms with Crippen molar-refractivity contribution in [1.82, 2.24) is 4.98 Å². The summed E-state index contributed by atoms with van der Waals surface area (Å²) in [4.78, 5) is 16.3. The fourth-order valence-electron chi connectivity index (χ4n) is 4.07. The monoisotopic (exact) mass is 407 g/mol. The SMILES string of the molecule is CCCCc1c(OC(=O)[C@](O)(c2ccccc2)[C@@H]2CCC(F)(F)C2)[nH]c(C)[n+]1C. The number of H-pyrrole nitrogens is 1. The van der Waals surface area contributed by atoms with E-state index in [1.807, 2.05) is 18.5 Å². The van der Waals surface area contributed by atoms with Crippen molar-refractivity contribution in [1.29, 1.82) is 0 Å². The van der Waals surface area contributed by atoms with Crippen LogP contribution in [0.25, 0.3) is 0 Å². The van der Waals surface area contributed by atoms with Crippen molar-refractivity contribution in [3.05, 3.63) is 47.4 Å². The van der Waals surface area contributed by atoms with Gasteiger partial charge in [-0.3, -0.25) is 0 Å². The maximum atomic E-state index is 13.9. The molecule has 0 saturated heterocycles. The third-order valence-electron chi connectivity index (χ3n) is 5.95. The maximum absolute atomic E-state index is 13.9. The fourth-order valence-corrected chi connectivity index (χ4v) is 4.07. The first-order valence-corrected chi connectivity index (χ1v) is 10.1. The second-order valence-electron chi connectivity index (χ2n) is 7.97. The number of benzene rings is 1. The molecule has 0 unspecified atom stereocenters. The van der Waals surface area contributed by atoms with E-state index in [1.54, 1.807) is 30.3 Å². The summed E-state index contributed by atoms with van der Waals surface area (Å²) in [6.45, 7) is 3.92. The Morgan fingerprint density at radius 1 is 1.38 bits per heavy atom. The van der Waals surface area contributed by atoms with Gasteiger partial charge in [0.2, 0.25) is 5.92 Å². The zero-order chi connectivity index (χ0) is 21.2. The molecule has 0 radical (unpaired) electrons. The second kappa shape index (κ2) is 8.22. The standard InChI is InChI=1S/C22H28F2N2O3/c1-4-5-11-18-19(25-15(2)26(18)3)29-20(27)22(28,16-9-7-6-8-10-16)17-12-13-21(23,24)14-17/h6-10,17,28H,4-5,11-14H2,1-3H3/p+1/t17-,22+/m1/s1. The predicted octanol–water partition coefficient (Wildman–Crippen LogP) is 3.72. The molecule has 7 heteroatoms. The molecule has 1 aliphatic rings. The Labute approximate surface area is 169 Å². The molecular weight excluding hydrogens is 378 g/mol. The molecule has 3 rings (SSSR count). The van der Waals surface area contributed by atoms with Crippen LogP contribution in [0.15, 0.2) is 30.3 Å². The molecule has 1 aromatic heterocycles. The number of aliphatic hydroxyl groups is 1. The molecule has 0 aliphatic heterocycles. The van der Waals surface area contributed by atoms with Gasteiger partial charge in [-0.2, -0.15) is 0 Å². The molecule has 2 N–H and O–H groups in total. The van der Waals surface area contributed by atoms with Crippen molar-refractivity contribution in [3.8, 4) is 5.88 Å². The van der Waals surface area contributed by atoms with Crippen LogP contribution in [0, 0.1) is 12.8 Å². The van der Waals surface area contributed by atoms with Gasteiger partial charge in [0, 0.05) is 32.1 Å². The van der Waals surface area contributed by atoms with Gasteiger partial charge in [0.1, 0.15) is 0 Å². The van der Waals surface area contributed by atoms with Crippen LogP contribution in [0.4, 0.5) is 8.78 Å². The lowest BCUT2D eigenvalue weighted by atomic mass is 9.80. The molecule has 1 fully saturated rings. The van der Waals surface area contributed by atoms with Crippen LogP contribution in [-0.4, -0.2) is 22.0 Å². The molecule has 1 aromatic carbocycles. The number of carbonyl (C=O) groups excluding carboxylic acids is 1. The summed E-state index contributed by atoms with van der Waals surface area (Å²) in [5.41, 5.74) is -1.05. The van der Waals surface area contributed by atoms with Crippen molar-refractivity contribution >= 4 is 5.97 Å². The van der Waals surface area contributed by atoms with Crippen LogP contribution < -0.4 is 9.30 Å². The molecule has 0 spiro atoms. The van der Waals surface area contributed by atoms with Gasteiger partial charge in [-0.15, -0.1) is 0 Å². The van der Waals surface area contributed by atoms with Crippen molar-refractivity contribution in [2.75, 3.05) is 0 Å². The van der Waals surface area contributed by atoms with Crippen molar-refractivity contribution in [2.24, 2.45) is 13.0 Å². The van der Waals surface area contributed by atoms with E-state index in [1.165, 1.54) is 0 Å². The Morgan fingerprint density at radius 3 is 2.66 bits per heavy atom. The van der Waals surface area contributed by atoms with Crippen LogP contribution in [0.5, 0.6) is 5.88 Å². The number of halogens is 2. The number of alkyl halides is 2. The summed E-state index contributed by atoms with van der Waals surface area (Å²) in [5.74, 6) is -3.67. The fraction of sp³-hybridized carbons (Fsp3) is 0.545. The molecule has 29 heavy (non-hydrogen) atoms. The third-order valence-corrected chi connectivity index (χ3v) is 5.95. The minimum Gasteiger partial charge on any atom is -0.384 e. The molecule has 0 bridgehead atoms. The van der Waals surface area contributed by atoms with Gasteiger partial charge in [0.05, 0.1) is 7.05 Å². The number of nitrogens with zero attached hydrogens (tertiary/aromatic N) is 1. The summed E-state index contributed by atoms with van der Waals surface area (Å²) < 4.78 is 35.4. The smallest absolute Gasteiger partial charge is 0.351 e. The van der Waals surface area contributed by atoms with Gasteiger partial charge in [-0.05, 0) is 18.4 Å². The van der Waals surface area contributed by atoms with E-state index >= 15 is 0 Å². The Balaban J connectivity index is 1.96. The zero-order valence-corrected chi connectivity index (χ0v) is 17.2. The number of ether oxygens (including phenoxy) is 1. The highest BCUT2D eigenvalue weighted by atomic mass is 19.3. The number of esters is 1. The van der Waals surface area contributed by atoms with Gasteiger partial charge in [-0.25, -0.2) is 23.1 Å². The number of unbranched alkanes of at least 4 members (excludes halogenated alkanes) is 1. The summed E-state index contributed by atoms with van der Waals surface area (Å²) in [6.07, 6.45) is 1.74. The minimum atomic E-state index is -2.89. The third kappa shape index (κ3) is 4.20. The van der Waals surface area contributed by atoms with Crippen molar-refractivity contribution in [2.45, 2.75) is 63.9 Å². The number of rotatable bonds is 7. The molecule has 158 valence electrons. The number of hydrogen-bond donors (Lipinski definition) is 2. The number of carbonyl (C=O) groups is 1. The average molecular weight is 407 g/mol. The van der Waals surface area contributed by atoms with Crippen LogP contribution >= 0.6 is 0 Å². The molecule has 2 aromatic rings. The largest absolute Gasteiger partial charge is 0.384 e. The lowest BCUT2D eigenvalue weighted by molar-refractivity contribution is -0.683. The lowest BCUT2D eigenvalue weighted by Gasteiger charge is -2.31. The first-order valence-electron chi connectivity index (χ1n) is 10.1. The topological polar surface area (TPSA) is 66.2 Å². The van der Waals surface area contributed by atoms with Crippen LogP contribution in [0.1, 0.15) is 56.1 Å². The number of aromatic nitrogens is 2. The molecule has 5 nitrogen and oxygen atoms in total. The van der Waals surface area contributed by atoms with Gasteiger partial charge in [-0.1, -0.05) is 43.7 Å². The number of imidazole rings is 1. The van der Waals surface area contributed by atoms with E-state index in [4.69, 9.17) is 4.74 Å². The molecule has 2 atom stereocenters. The Kier molecular flexibility index (Phi) is 6.08. The zero-order valence-electron chi connectivity index (χ0n) is 17.2. The summed E-state index contributed by atoms with van der Waals surface area (Å²) >= 11 is 0. The average Bonchev–Trinajstić information content (AvgIpc) is 3.19. The molecule has 1 heterocycles. The van der Waals surface area contributed by atoms with Crippen LogP contribution in [-0.2, 0) is 23.9 Å². The predicted molar refractivity (Wildman–Crippen MR) is 104 cm³/mol. The van der Waals surface area contributed by atoms with Gasteiger partial charge >= 0.3 is 11.8 Å². The van der Waals surface area contributed by atoms with Crippen LogP contribution in [0.2, 0.25) is 0 Å². The number of hydrogen-bond acceptors (Lipinski definition) is 3. The quantitative estimate of drug-likeness (QED) is 0.543. The van der Waals surface area contributed by atoms with E-state index in [2.05, 4.69) is 11.9 Å². The van der Waals surface area contributed by atoms with Crippen LogP contribution in [0.3, 0.4) is 0 Å². The van der Waals surface area contributed by atoms with E-state index in [-0.39, 0.29) is 24.3 Å². The molecule has 0 amide bonds. The normalized spacial score (nSPS) is 20.4. The summed E-state index contributed by atoms with van der Waals surface area (Å²) in [6, 6.07) is 8.25. The van der Waals surface area contributed by atoms with Gasteiger partial charge in [0.15, 0.2) is 11.3 Å². The van der Waals surface area contributed by atoms with Gasteiger partial charge < -0.3 is 9.84 Å². The molecular formula is C22H29F2N2O3+. The molecule has 1 aliphatic carbocycles. The Bertz CT molecular complexity index is 866. The van der Waals surface area contributed by atoms with Crippen molar-refractivity contribution < 1.29 is 28.0 Å². The number of aryl methyl sites for hydroxylation is 1. The van der Waals surface area contributed by atoms with E-state index in [9.17, 15) is 18.7 Å². The minimum absolute atomic E-state index is 0.0493. The van der Waals surface area contributed by atoms with Gasteiger partial charge in [0.25, 0.3) is 5.82 Å². The Morgan fingerprint density at radius 2 is 2.07 bits per heavy atom. The summed E-state index contributed by atoms with van der Waals surface area (Å²) in [5, 5.41) is 11.5. The first kappa shape index (κ1) is 21.4. The van der Waals surface area contributed by atoms with Crippen molar-refractivity contribution in [3.63, 3.8) is 0 Å². The maximum Gasteiger partial charge on any atom is 0.351 e. The highest BCUT2D eigenvalue weighted by Crippen LogP contribution is 2.48. The first-order chi connectivity index (χ1) is 13.7. The van der Waals surface area contributed by atoms with E-state index < -0.39 is 29.8 Å². The highest BCUT2D eigenvalue weighted by Gasteiger charge is 2.55. The highest BCUT2D eigenvalue weighted by molar-refractivity contribution is 5.83. The summed E-state index contributed by atoms with van der Waals surface area (Å²) in [7, 11) is 1.87. The molecule has 1 saturated carbocycles. The number of nitrogens with one attached hydrogen (secondary N) is 1. The van der Waals surface area contributed by atoms with E-state index in [0.717, 1.165) is 24.4 Å². The van der Waals surface area contributed by atoms with E-state index in [0.29, 0.717) is 6.42 Å².